The Morgan fingerprint density at radius 3 is 2.75 bits per heavy atom. The van der Waals surface area contributed by atoms with Crippen molar-refractivity contribution in [2.75, 3.05) is 13.1 Å². The summed E-state index contributed by atoms with van der Waals surface area (Å²) in [5.74, 6) is -0.740. The lowest BCUT2D eigenvalue weighted by Crippen LogP contribution is -2.49. The van der Waals surface area contributed by atoms with Crippen LogP contribution in [0.25, 0.3) is 0 Å². The smallest absolute Gasteiger partial charge is 0.322 e. The average Bonchev–Trinajstić information content (AvgIpc) is 2.63. The summed E-state index contributed by atoms with van der Waals surface area (Å²) in [6, 6.07) is 0.353. The van der Waals surface area contributed by atoms with Gasteiger partial charge in [-0.3, -0.25) is 9.69 Å². The second-order valence-corrected chi connectivity index (χ2v) is 4.91. The van der Waals surface area contributed by atoms with Crippen LogP contribution in [-0.2, 0) is 4.79 Å². The van der Waals surface area contributed by atoms with Gasteiger partial charge in [-0.05, 0) is 25.8 Å². The van der Waals surface area contributed by atoms with Crippen molar-refractivity contribution in [1.82, 2.24) is 10.2 Å². The molecule has 0 saturated carbocycles. The minimum Gasteiger partial charge on any atom is -0.480 e. The number of nitrogens with zero attached hydrogens (tertiary/aromatic N) is 1. The van der Waals surface area contributed by atoms with E-state index in [1.54, 1.807) is 0 Å². The first-order chi connectivity index (χ1) is 7.54. The van der Waals surface area contributed by atoms with E-state index in [2.05, 4.69) is 17.1 Å². The Balaban J connectivity index is 2.50. The van der Waals surface area contributed by atoms with Gasteiger partial charge in [0.2, 0.25) is 0 Å². The highest BCUT2D eigenvalue weighted by molar-refractivity contribution is 5.73. The van der Waals surface area contributed by atoms with E-state index < -0.39 is 12.0 Å². The minimum absolute atomic E-state index is 0.212. The van der Waals surface area contributed by atoms with Gasteiger partial charge >= 0.3 is 5.97 Å². The Kier molecular flexibility index (Phi) is 5.22. The zero-order valence-electron chi connectivity index (χ0n) is 10.6. The van der Waals surface area contributed by atoms with E-state index in [-0.39, 0.29) is 6.04 Å². The van der Waals surface area contributed by atoms with Crippen molar-refractivity contribution in [3.63, 3.8) is 0 Å². The van der Waals surface area contributed by atoms with Gasteiger partial charge in [0, 0.05) is 18.6 Å². The average molecular weight is 228 g/mol. The molecule has 0 aromatic heterocycles. The van der Waals surface area contributed by atoms with Crippen LogP contribution in [0.2, 0.25) is 0 Å². The van der Waals surface area contributed by atoms with Gasteiger partial charge in [0.05, 0.1) is 0 Å². The van der Waals surface area contributed by atoms with Crippen molar-refractivity contribution in [2.45, 2.75) is 58.2 Å². The molecule has 1 rings (SSSR count). The molecule has 1 fully saturated rings. The first kappa shape index (κ1) is 13.5. The number of carbonyl (C=O) groups is 1. The Hall–Kier alpha value is -0.610. The molecule has 2 N–H and O–H groups in total. The third kappa shape index (κ3) is 3.76. The lowest BCUT2D eigenvalue weighted by Gasteiger charge is -2.27. The quantitative estimate of drug-likeness (QED) is 0.720. The molecule has 0 aliphatic carbocycles. The fraction of sp³-hybridized carbons (Fsp3) is 0.917. The van der Waals surface area contributed by atoms with E-state index >= 15 is 0 Å². The van der Waals surface area contributed by atoms with Crippen molar-refractivity contribution in [1.29, 1.82) is 0 Å². The first-order valence-corrected chi connectivity index (χ1v) is 6.27. The second kappa shape index (κ2) is 6.21. The maximum absolute atomic E-state index is 11.1. The molecule has 0 amide bonds. The van der Waals surface area contributed by atoms with Gasteiger partial charge in [-0.15, -0.1) is 0 Å². The van der Waals surface area contributed by atoms with Crippen LogP contribution in [0.3, 0.4) is 0 Å². The molecule has 1 heterocycles. The molecule has 2 unspecified atom stereocenters. The summed E-state index contributed by atoms with van der Waals surface area (Å²) in [5, 5.41) is 12.3. The molecule has 0 bridgehead atoms. The Labute approximate surface area is 98.0 Å². The SMILES string of the molecule is CCC1CCCN1CC(NC(C)C)C(=O)O. The van der Waals surface area contributed by atoms with E-state index in [9.17, 15) is 4.79 Å². The molecule has 16 heavy (non-hydrogen) atoms. The van der Waals surface area contributed by atoms with Crippen LogP contribution in [0.1, 0.15) is 40.0 Å². The van der Waals surface area contributed by atoms with Crippen LogP contribution in [-0.4, -0.2) is 47.2 Å². The zero-order valence-corrected chi connectivity index (χ0v) is 10.6. The number of carboxylic acid groups (broad SMARTS) is 1. The molecule has 1 saturated heterocycles. The summed E-state index contributed by atoms with van der Waals surface area (Å²) in [6.07, 6.45) is 3.53. The number of rotatable bonds is 6. The predicted octanol–water partition coefficient (Wildman–Crippen LogP) is 1.31. The highest BCUT2D eigenvalue weighted by Crippen LogP contribution is 2.19. The molecule has 0 aromatic rings. The largest absolute Gasteiger partial charge is 0.480 e. The number of nitrogens with one attached hydrogen (secondary N) is 1. The number of aliphatic carboxylic acids is 1. The summed E-state index contributed by atoms with van der Waals surface area (Å²) in [4.78, 5) is 13.4. The molecule has 2 atom stereocenters. The molecule has 94 valence electrons. The molecule has 4 heteroatoms. The Bertz CT molecular complexity index is 231. The van der Waals surface area contributed by atoms with Gasteiger partial charge in [-0.2, -0.15) is 0 Å². The first-order valence-electron chi connectivity index (χ1n) is 6.27. The number of hydrogen-bond acceptors (Lipinski definition) is 3. The zero-order chi connectivity index (χ0) is 12.1. The predicted molar refractivity (Wildman–Crippen MR) is 64.6 cm³/mol. The fourth-order valence-electron chi connectivity index (χ4n) is 2.44. The number of carboxylic acids is 1. The van der Waals surface area contributed by atoms with Crippen LogP contribution in [0.4, 0.5) is 0 Å². The maximum Gasteiger partial charge on any atom is 0.322 e. The van der Waals surface area contributed by atoms with E-state index in [0.717, 1.165) is 13.0 Å². The van der Waals surface area contributed by atoms with Gasteiger partial charge in [0.25, 0.3) is 0 Å². The Morgan fingerprint density at radius 1 is 1.56 bits per heavy atom. The van der Waals surface area contributed by atoms with Crippen molar-refractivity contribution in [3.05, 3.63) is 0 Å². The van der Waals surface area contributed by atoms with Gasteiger partial charge in [-0.1, -0.05) is 20.8 Å². The molecular weight excluding hydrogens is 204 g/mol. The summed E-state index contributed by atoms with van der Waals surface area (Å²) in [6.45, 7) is 7.82. The second-order valence-electron chi connectivity index (χ2n) is 4.91. The highest BCUT2D eigenvalue weighted by Gasteiger charge is 2.28. The van der Waals surface area contributed by atoms with Crippen molar-refractivity contribution >= 4 is 5.97 Å². The van der Waals surface area contributed by atoms with E-state index in [1.165, 1.54) is 12.8 Å². The summed E-state index contributed by atoms with van der Waals surface area (Å²) < 4.78 is 0. The third-order valence-electron chi connectivity index (χ3n) is 3.22. The Morgan fingerprint density at radius 2 is 2.25 bits per heavy atom. The van der Waals surface area contributed by atoms with Gasteiger partial charge < -0.3 is 10.4 Å². The molecule has 4 nitrogen and oxygen atoms in total. The topological polar surface area (TPSA) is 52.6 Å². The van der Waals surface area contributed by atoms with Gasteiger partial charge in [0.1, 0.15) is 6.04 Å². The van der Waals surface area contributed by atoms with Crippen molar-refractivity contribution in [3.8, 4) is 0 Å². The van der Waals surface area contributed by atoms with Crippen LogP contribution >= 0.6 is 0 Å². The number of likely N-dealkylation sites (tertiary alicyclic amines) is 1. The minimum atomic E-state index is -0.740. The van der Waals surface area contributed by atoms with Crippen molar-refractivity contribution in [2.24, 2.45) is 0 Å². The summed E-state index contributed by atoms with van der Waals surface area (Å²) in [7, 11) is 0. The van der Waals surface area contributed by atoms with E-state index in [4.69, 9.17) is 5.11 Å². The molecule has 0 aromatic carbocycles. The summed E-state index contributed by atoms with van der Waals surface area (Å²) >= 11 is 0. The fourth-order valence-corrected chi connectivity index (χ4v) is 2.44. The van der Waals surface area contributed by atoms with Crippen LogP contribution < -0.4 is 5.32 Å². The van der Waals surface area contributed by atoms with Crippen LogP contribution in [0.15, 0.2) is 0 Å². The van der Waals surface area contributed by atoms with Crippen LogP contribution in [0, 0.1) is 0 Å². The normalized spacial score (nSPS) is 23.9. The maximum atomic E-state index is 11.1. The van der Waals surface area contributed by atoms with Crippen molar-refractivity contribution < 1.29 is 9.90 Å². The number of hydrogen-bond donors (Lipinski definition) is 2. The van der Waals surface area contributed by atoms with Gasteiger partial charge in [-0.25, -0.2) is 0 Å². The molecule has 0 radical (unpaired) electrons. The van der Waals surface area contributed by atoms with E-state index in [1.807, 2.05) is 13.8 Å². The van der Waals surface area contributed by atoms with E-state index in [0.29, 0.717) is 12.6 Å². The van der Waals surface area contributed by atoms with Gasteiger partial charge in [0.15, 0.2) is 0 Å². The molecule has 1 aliphatic rings. The third-order valence-corrected chi connectivity index (χ3v) is 3.22. The molecule has 0 spiro atoms. The standard InChI is InChI=1S/C12H24N2O2/c1-4-10-6-5-7-14(10)8-11(12(15)16)13-9(2)3/h9-11,13H,4-8H2,1-3H3,(H,15,16). The lowest BCUT2D eigenvalue weighted by molar-refractivity contribution is -0.140. The molecular formula is C12H24N2O2. The highest BCUT2D eigenvalue weighted by atomic mass is 16.4. The monoisotopic (exact) mass is 228 g/mol. The summed E-state index contributed by atoms with van der Waals surface area (Å²) in [5.41, 5.74) is 0. The molecule has 1 aliphatic heterocycles. The van der Waals surface area contributed by atoms with Crippen LogP contribution in [0.5, 0.6) is 0 Å². The lowest BCUT2D eigenvalue weighted by atomic mass is 10.1.